The first-order valence-electron chi connectivity index (χ1n) is 7.99. The van der Waals surface area contributed by atoms with Crippen LogP contribution in [0.4, 0.5) is 0 Å². The van der Waals surface area contributed by atoms with Gasteiger partial charge in [0.1, 0.15) is 5.69 Å². The van der Waals surface area contributed by atoms with E-state index < -0.39 is 0 Å². The molecule has 2 rings (SSSR count). The lowest BCUT2D eigenvalue weighted by molar-refractivity contribution is 0.0640. The molecule has 0 radical (unpaired) electrons. The van der Waals surface area contributed by atoms with Gasteiger partial charge in [-0.15, -0.1) is 0 Å². The molecule has 4 nitrogen and oxygen atoms in total. The summed E-state index contributed by atoms with van der Waals surface area (Å²) in [6.07, 6.45) is 6.42. The Morgan fingerprint density at radius 1 is 1.48 bits per heavy atom. The average molecular weight is 356 g/mol. The minimum absolute atomic E-state index is 0.141. The maximum absolute atomic E-state index is 13.0. The van der Waals surface area contributed by atoms with Gasteiger partial charge in [-0.05, 0) is 60.6 Å². The van der Waals surface area contributed by atoms with Gasteiger partial charge in [-0.1, -0.05) is 13.3 Å². The van der Waals surface area contributed by atoms with Crippen molar-refractivity contribution < 1.29 is 4.79 Å². The Balaban J connectivity index is 2.24. The first-order valence-corrected chi connectivity index (χ1v) is 8.78. The fraction of sp³-hybridized carbons (Fsp3) is 0.688. The van der Waals surface area contributed by atoms with E-state index in [4.69, 9.17) is 5.73 Å². The summed E-state index contributed by atoms with van der Waals surface area (Å²) in [5.74, 6) is 0.592. The lowest BCUT2D eigenvalue weighted by Crippen LogP contribution is -2.44. The van der Waals surface area contributed by atoms with Crippen molar-refractivity contribution in [2.75, 3.05) is 13.1 Å². The third-order valence-corrected chi connectivity index (χ3v) is 4.90. The van der Waals surface area contributed by atoms with Gasteiger partial charge < -0.3 is 15.2 Å². The van der Waals surface area contributed by atoms with Gasteiger partial charge in [-0.25, -0.2) is 0 Å². The maximum atomic E-state index is 13.0. The van der Waals surface area contributed by atoms with Crippen molar-refractivity contribution in [2.45, 2.75) is 52.1 Å². The molecular formula is C16H26BrN3O. The van der Waals surface area contributed by atoms with Gasteiger partial charge in [0.05, 0.1) is 0 Å². The molecule has 0 saturated heterocycles. The van der Waals surface area contributed by atoms with E-state index in [0.29, 0.717) is 18.5 Å². The standard InChI is InChI=1S/C16H26BrN3O/c1-3-8-19-11-13(17)9-15(19)16(21)20(4-2)14-7-5-6-12(14)10-18/h9,11-12,14H,3-8,10,18H2,1-2H3. The van der Waals surface area contributed by atoms with Crippen LogP contribution < -0.4 is 5.73 Å². The number of aryl methyl sites for hydroxylation is 1. The largest absolute Gasteiger partial charge is 0.342 e. The summed E-state index contributed by atoms with van der Waals surface area (Å²) in [7, 11) is 0. The number of hydrogen-bond acceptors (Lipinski definition) is 2. The molecule has 0 aromatic carbocycles. The smallest absolute Gasteiger partial charge is 0.270 e. The van der Waals surface area contributed by atoms with Crippen molar-refractivity contribution in [2.24, 2.45) is 11.7 Å². The normalized spacial score (nSPS) is 21.7. The van der Waals surface area contributed by atoms with E-state index in [9.17, 15) is 4.79 Å². The molecule has 0 bridgehead atoms. The molecule has 1 aromatic heterocycles. The lowest BCUT2D eigenvalue weighted by Gasteiger charge is -2.32. The number of nitrogens with zero attached hydrogens (tertiary/aromatic N) is 2. The highest BCUT2D eigenvalue weighted by molar-refractivity contribution is 9.10. The van der Waals surface area contributed by atoms with Crippen LogP contribution in [0.1, 0.15) is 50.0 Å². The number of nitrogens with two attached hydrogens (primary N) is 1. The monoisotopic (exact) mass is 355 g/mol. The van der Waals surface area contributed by atoms with Crippen LogP contribution in [-0.2, 0) is 6.54 Å². The summed E-state index contributed by atoms with van der Waals surface area (Å²) in [5.41, 5.74) is 6.67. The van der Waals surface area contributed by atoms with Gasteiger partial charge in [0.2, 0.25) is 0 Å². The van der Waals surface area contributed by atoms with Crippen LogP contribution in [0.3, 0.4) is 0 Å². The third-order valence-electron chi connectivity index (χ3n) is 4.47. The SMILES string of the molecule is CCCn1cc(Br)cc1C(=O)N(CC)C1CCCC1CN. The Bertz CT molecular complexity index is 486. The third kappa shape index (κ3) is 3.51. The first kappa shape index (κ1) is 16.6. The van der Waals surface area contributed by atoms with Crippen molar-refractivity contribution >= 4 is 21.8 Å². The minimum Gasteiger partial charge on any atom is -0.342 e. The van der Waals surface area contributed by atoms with Crippen LogP contribution in [-0.4, -0.2) is 34.5 Å². The van der Waals surface area contributed by atoms with Crippen LogP contribution in [0.15, 0.2) is 16.7 Å². The average Bonchev–Trinajstić information content (AvgIpc) is 3.06. The van der Waals surface area contributed by atoms with Gasteiger partial charge >= 0.3 is 0 Å². The van der Waals surface area contributed by atoms with Gasteiger partial charge in [0, 0.05) is 29.8 Å². The topological polar surface area (TPSA) is 51.3 Å². The zero-order valence-corrected chi connectivity index (χ0v) is 14.6. The summed E-state index contributed by atoms with van der Waals surface area (Å²) >= 11 is 3.49. The summed E-state index contributed by atoms with van der Waals surface area (Å²) in [5, 5.41) is 0. The quantitative estimate of drug-likeness (QED) is 0.851. The van der Waals surface area contributed by atoms with E-state index in [0.717, 1.165) is 42.5 Å². The number of amides is 1. The number of hydrogen-bond donors (Lipinski definition) is 1. The molecule has 1 fully saturated rings. The minimum atomic E-state index is 0.141. The molecule has 118 valence electrons. The van der Waals surface area contributed by atoms with Crippen LogP contribution in [0.5, 0.6) is 0 Å². The van der Waals surface area contributed by atoms with E-state index in [1.54, 1.807) is 0 Å². The van der Waals surface area contributed by atoms with E-state index in [2.05, 4.69) is 34.3 Å². The van der Waals surface area contributed by atoms with Gasteiger partial charge in [0.15, 0.2) is 0 Å². The molecule has 0 aliphatic heterocycles. The van der Waals surface area contributed by atoms with Crippen LogP contribution >= 0.6 is 15.9 Å². The molecule has 1 aromatic rings. The molecule has 1 amide bonds. The molecule has 1 aliphatic carbocycles. The van der Waals surface area contributed by atoms with E-state index in [-0.39, 0.29) is 5.91 Å². The fourth-order valence-electron chi connectivity index (χ4n) is 3.46. The molecule has 21 heavy (non-hydrogen) atoms. The molecule has 1 heterocycles. The highest BCUT2D eigenvalue weighted by Crippen LogP contribution is 2.30. The van der Waals surface area contributed by atoms with Crippen LogP contribution in [0.2, 0.25) is 0 Å². The van der Waals surface area contributed by atoms with E-state index in [1.807, 2.05) is 17.2 Å². The molecule has 1 saturated carbocycles. The van der Waals surface area contributed by atoms with Crippen LogP contribution in [0, 0.1) is 5.92 Å². The zero-order valence-electron chi connectivity index (χ0n) is 13.0. The second-order valence-corrected chi connectivity index (χ2v) is 6.74. The fourth-order valence-corrected chi connectivity index (χ4v) is 3.92. The van der Waals surface area contributed by atoms with Crippen molar-refractivity contribution in [1.29, 1.82) is 0 Å². The van der Waals surface area contributed by atoms with Crippen LogP contribution in [0.25, 0.3) is 0 Å². The van der Waals surface area contributed by atoms with Gasteiger partial charge in [-0.3, -0.25) is 4.79 Å². The highest BCUT2D eigenvalue weighted by atomic mass is 79.9. The molecule has 1 aliphatic rings. The second kappa shape index (κ2) is 7.45. The van der Waals surface area contributed by atoms with E-state index >= 15 is 0 Å². The Hall–Kier alpha value is -0.810. The van der Waals surface area contributed by atoms with Crippen molar-refractivity contribution in [1.82, 2.24) is 9.47 Å². The summed E-state index contributed by atoms with van der Waals surface area (Å²) in [6, 6.07) is 2.24. The summed E-state index contributed by atoms with van der Waals surface area (Å²) < 4.78 is 3.03. The lowest BCUT2D eigenvalue weighted by atomic mass is 10.0. The Kier molecular flexibility index (Phi) is 5.88. The summed E-state index contributed by atoms with van der Waals surface area (Å²) in [6.45, 7) is 6.48. The Morgan fingerprint density at radius 2 is 2.24 bits per heavy atom. The summed E-state index contributed by atoms with van der Waals surface area (Å²) in [4.78, 5) is 15.0. The number of halogens is 1. The van der Waals surface area contributed by atoms with Crippen molar-refractivity contribution in [3.63, 3.8) is 0 Å². The van der Waals surface area contributed by atoms with Crippen molar-refractivity contribution in [3.8, 4) is 0 Å². The zero-order chi connectivity index (χ0) is 15.4. The Labute approximate surface area is 135 Å². The predicted molar refractivity (Wildman–Crippen MR) is 89.3 cm³/mol. The molecule has 5 heteroatoms. The first-order chi connectivity index (χ1) is 10.1. The molecule has 2 N–H and O–H groups in total. The molecule has 0 spiro atoms. The maximum Gasteiger partial charge on any atom is 0.270 e. The highest BCUT2D eigenvalue weighted by Gasteiger charge is 2.34. The van der Waals surface area contributed by atoms with Gasteiger partial charge in [-0.2, -0.15) is 0 Å². The number of aromatic nitrogens is 1. The number of carbonyl (C=O) groups excluding carboxylic acids is 1. The molecule has 2 unspecified atom stereocenters. The predicted octanol–water partition coefficient (Wildman–Crippen LogP) is 3.25. The van der Waals surface area contributed by atoms with Crippen molar-refractivity contribution in [3.05, 3.63) is 22.4 Å². The number of rotatable bonds is 6. The molecular weight excluding hydrogens is 330 g/mol. The number of carbonyl (C=O) groups is 1. The Morgan fingerprint density at radius 3 is 2.86 bits per heavy atom. The van der Waals surface area contributed by atoms with E-state index in [1.165, 1.54) is 6.42 Å². The molecule has 2 atom stereocenters. The van der Waals surface area contributed by atoms with Gasteiger partial charge in [0.25, 0.3) is 5.91 Å². The second-order valence-electron chi connectivity index (χ2n) is 5.82.